The van der Waals surface area contributed by atoms with E-state index in [2.05, 4.69) is 5.10 Å². The van der Waals surface area contributed by atoms with Crippen LogP contribution in [0, 0.1) is 48.8 Å². The number of nitrogens with zero attached hydrogens (tertiary/aromatic N) is 3. The van der Waals surface area contributed by atoms with E-state index in [1.807, 2.05) is 23.6 Å². The number of benzene rings is 3. The van der Waals surface area contributed by atoms with Crippen molar-refractivity contribution in [1.82, 2.24) is 4.57 Å². The number of ether oxygens (including phenoxy) is 1. The third-order valence-electron chi connectivity index (χ3n) is 6.64. The highest BCUT2D eigenvalue weighted by atomic mass is 19.2. The zero-order chi connectivity index (χ0) is 29.6. The number of hydrogen-bond donors (Lipinski definition) is 0. The molecule has 0 bridgehead atoms. The topological polar surface area (TPSA) is 46.8 Å². The van der Waals surface area contributed by atoms with Crippen molar-refractivity contribution in [3.05, 3.63) is 118 Å². The van der Waals surface area contributed by atoms with Crippen molar-refractivity contribution in [3.8, 4) is 11.4 Å². The molecule has 0 saturated carbocycles. The number of amides is 1. The monoisotopic (exact) mass is 569 g/mol. The second-order valence-electron chi connectivity index (χ2n) is 9.35. The van der Waals surface area contributed by atoms with Gasteiger partial charge in [-0.15, -0.1) is 0 Å². The second-order valence-corrected chi connectivity index (χ2v) is 9.35. The molecule has 0 fully saturated rings. The lowest BCUT2D eigenvalue weighted by Gasteiger charge is -2.15. The van der Waals surface area contributed by atoms with Gasteiger partial charge in [0, 0.05) is 17.1 Å². The summed E-state index contributed by atoms with van der Waals surface area (Å²) in [5.74, 6) is -11.8. The Morgan fingerprint density at radius 3 is 2.00 bits per heavy atom. The van der Waals surface area contributed by atoms with E-state index in [1.54, 1.807) is 37.3 Å². The molecule has 1 aliphatic rings. The molecule has 0 N–H and O–H groups in total. The van der Waals surface area contributed by atoms with Crippen LogP contribution >= 0.6 is 0 Å². The number of rotatable bonds is 6. The molecule has 0 aliphatic carbocycles. The van der Waals surface area contributed by atoms with Crippen LogP contribution in [-0.2, 0) is 11.4 Å². The summed E-state index contributed by atoms with van der Waals surface area (Å²) in [5.41, 5.74) is 2.20. The molecule has 1 amide bonds. The standard InChI is InChI=1S/C30H21F6N3O2/c1-15-12-19(13-23-16(2)37-39(30(23)40)29-27(35)25(33)24(32)26(34)28(29)36)17(3)38(15)21-8-10-22(11-9-21)41-14-18-4-6-20(31)7-5-18/h4-13H,14H2,1-3H3/b23-13-. The van der Waals surface area contributed by atoms with E-state index in [0.717, 1.165) is 16.9 Å². The summed E-state index contributed by atoms with van der Waals surface area (Å²) in [5, 5.41) is 3.96. The van der Waals surface area contributed by atoms with E-state index in [4.69, 9.17) is 4.74 Å². The lowest BCUT2D eigenvalue weighted by Crippen LogP contribution is -2.25. The molecular formula is C30H21F6N3O2. The summed E-state index contributed by atoms with van der Waals surface area (Å²) in [6, 6.07) is 15.0. The van der Waals surface area contributed by atoms with Gasteiger partial charge in [0.1, 0.15) is 23.9 Å². The van der Waals surface area contributed by atoms with Crippen molar-refractivity contribution in [1.29, 1.82) is 0 Å². The number of anilines is 1. The Morgan fingerprint density at radius 2 is 1.39 bits per heavy atom. The minimum Gasteiger partial charge on any atom is -0.489 e. The number of hydrogen-bond acceptors (Lipinski definition) is 3. The summed E-state index contributed by atoms with van der Waals surface area (Å²) in [7, 11) is 0. The maximum Gasteiger partial charge on any atom is 0.280 e. The van der Waals surface area contributed by atoms with E-state index in [1.165, 1.54) is 25.1 Å². The van der Waals surface area contributed by atoms with Gasteiger partial charge < -0.3 is 9.30 Å². The Hall–Kier alpha value is -4.80. The molecule has 5 nitrogen and oxygen atoms in total. The second kappa shape index (κ2) is 10.6. The average Bonchev–Trinajstić information content (AvgIpc) is 3.39. The van der Waals surface area contributed by atoms with Crippen LogP contribution in [0.4, 0.5) is 32.0 Å². The molecule has 3 aromatic carbocycles. The van der Waals surface area contributed by atoms with Crippen LogP contribution < -0.4 is 9.75 Å². The van der Waals surface area contributed by atoms with Gasteiger partial charge in [-0.2, -0.15) is 10.1 Å². The Balaban J connectivity index is 1.40. The number of carbonyl (C=O) groups excluding carboxylic acids is 1. The first-order chi connectivity index (χ1) is 19.5. The lowest BCUT2D eigenvalue weighted by molar-refractivity contribution is -0.114. The van der Waals surface area contributed by atoms with Crippen LogP contribution in [0.15, 0.2) is 65.3 Å². The largest absolute Gasteiger partial charge is 0.489 e. The highest BCUT2D eigenvalue weighted by Gasteiger charge is 2.37. The van der Waals surface area contributed by atoms with Crippen molar-refractivity contribution >= 4 is 23.4 Å². The fraction of sp³-hybridized carbons (Fsp3) is 0.133. The highest BCUT2D eigenvalue weighted by Crippen LogP contribution is 2.34. The Morgan fingerprint density at radius 1 is 0.805 bits per heavy atom. The van der Waals surface area contributed by atoms with E-state index in [0.29, 0.717) is 17.0 Å². The Bertz CT molecular complexity index is 1710. The van der Waals surface area contributed by atoms with Crippen molar-refractivity contribution < 1.29 is 35.9 Å². The Kier molecular flexibility index (Phi) is 7.20. The van der Waals surface area contributed by atoms with E-state index < -0.39 is 40.7 Å². The first-order valence-corrected chi connectivity index (χ1v) is 12.3. The number of carbonyl (C=O) groups is 1. The van der Waals surface area contributed by atoms with Crippen LogP contribution in [0.25, 0.3) is 11.8 Å². The predicted octanol–water partition coefficient (Wildman–Crippen LogP) is 7.31. The SMILES string of the molecule is CC1=NN(c2c(F)c(F)c(F)c(F)c2F)C(=O)/C1=C\c1cc(C)n(-c2ccc(OCc3ccc(F)cc3)cc2)c1C. The lowest BCUT2D eigenvalue weighted by atomic mass is 10.1. The highest BCUT2D eigenvalue weighted by molar-refractivity contribution is 6.32. The summed E-state index contributed by atoms with van der Waals surface area (Å²) in [6.07, 6.45) is 1.45. The van der Waals surface area contributed by atoms with Crippen LogP contribution in [-0.4, -0.2) is 16.2 Å². The summed E-state index contributed by atoms with van der Waals surface area (Å²) in [6.45, 7) is 5.29. The van der Waals surface area contributed by atoms with Crippen LogP contribution in [0.5, 0.6) is 5.75 Å². The van der Waals surface area contributed by atoms with Crippen LogP contribution in [0.2, 0.25) is 0 Å². The third kappa shape index (κ3) is 4.99. The predicted molar refractivity (Wildman–Crippen MR) is 141 cm³/mol. The van der Waals surface area contributed by atoms with Gasteiger partial charge in [0.25, 0.3) is 5.91 Å². The Labute approximate surface area is 230 Å². The minimum absolute atomic E-state index is 0.0337. The van der Waals surface area contributed by atoms with Crippen LogP contribution in [0.3, 0.4) is 0 Å². The molecule has 1 aliphatic heterocycles. The number of halogens is 6. The average molecular weight is 570 g/mol. The number of hydrazone groups is 1. The van der Waals surface area contributed by atoms with Crippen molar-refractivity contribution in [2.24, 2.45) is 5.10 Å². The summed E-state index contributed by atoms with van der Waals surface area (Å²) < 4.78 is 90.5. The fourth-order valence-electron chi connectivity index (χ4n) is 4.54. The first kappa shape index (κ1) is 27.8. The number of aromatic nitrogens is 1. The van der Waals surface area contributed by atoms with Crippen molar-refractivity contribution in [2.75, 3.05) is 5.01 Å². The van der Waals surface area contributed by atoms with Gasteiger partial charge in [0.15, 0.2) is 23.3 Å². The van der Waals surface area contributed by atoms with Crippen molar-refractivity contribution in [3.63, 3.8) is 0 Å². The summed E-state index contributed by atoms with van der Waals surface area (Å²) in [4.78, 5) is 13.1. The summed E-state index contributed by atoms with van der Waals surface area (Å²) >= 11 is 0. The van der Waals surface area contributed by atoms with Gasteiger partial charge in [-0.05, 0) is 80.4 Å². The molecule has 11 heteroatoms. The zero-order valence-electron chi connectivity index (χ0n) is 21.9. The molecule has 4 aromatic rings. The van der Waals surface area contributed by atoms with Crippen molar-refractivity contribution in [2.45, 2.75) is 27.4 Å². The molecule has 41 heavy (non-hydrogen) atoms. The van der Waals surface area contributed by atoms with Gasteiger partial charge in [-0.25, -0.2) is 26.3 Å². The molecule has 0 spiro atoms. The molecule has 0 radical (unpaired) electrons. The molecule has 0 unspecified atom stereocenters. The molecule has 1 aromatic heterocycles. The zero-order valence-corrected chi connectivity index (χ0v) is 21.9. The normalized spacial score (nSPS) is 14.3. The quantitative estimate of drug-likeness (QED) is 0.106. The number of aryl methyl sites for hydroxylation is 1. The minimum atomic E-state index is -2.33. The smallest absolute Gasteiger partial charge is 0.280 e. The first-order valence-electron chi connectivity index (χ1n) is 12.3. The molecule has 0 atom stereocenters. The van der Waals surface area contributed by atoms with E-state index in [9.17, 15) is 31.1 Å². The molecule has 5 rings (SSSR count). The van der Waals surface area contributed by atoms with Crippen LogP contribution in [0.1, 0.15) is 29.4 Å². The third-order valence-corrected chi connectivity index (χ3v) is 6.64. The molecule has 2 heterocycles. The van der Waals surface area contributed by atoms with Gasteiger partial charge >= 0.3 is 0 Å². The van der Waals surface area contributed by atoms with Gasteiger partial charge in [-0.1, -0.05) is 12.1 Å². The van der Waals surface area contributed by atoms with Gasteiger partial charge in [0.2, 0.25) is 5.82 Å². The maximum atomic E-state index is 14.4. The molecule has 0 saturated heterocycles. The van der Waals surface area contributed by atoms with E-state index in [-0.39, 0.29) is 28.7 Å². The fourth-order valence-corrected chi connectivity index (χ4v) is 4.54. The molecule has 210 valence electrons. The van der Waals surface area contributed by atoms with Gasteiger partial charge in [-0.3, -0.25) is 4.79 Å². The maximum absolute atomic E-state index is 14.4. The van der Waals surface area contributed by atoms with Gasteiger partial charge in [0.05, 0.1) is 11.3 Å². The molecular weight excluding hydrogens is 548 g/mol. The van der Waals surface area contributed by atoms with E-state index >= 15 is 0 Å².